The van der Waals surface area contributed by atoms with Gasteiger partial charge in [0.05, 0.1) is 5.02 Å². The predicted octanol–water partition coefficient (Wildman–Crippen LogP) is 5.03. The van der Waals surface area contributed by atoms with Crippen LogP contribution in [0.1, 0.15) is 13.3 Å². The first-order chi connectivity index (χ1) is 11.8. The maximum absolute atomic E-state index is 12.3. The molecule has 0 saturated heterocycles. The number of para-hydroxylation sites is 1. The number of amides is 1. The van der Waals surface area contributed by atoms with Crippen molar-refractivity contribution < 1.29 is 27.4 Å². The third-order valence-electron chi connectivity index (χ3n) is 3.12. The van der Waals surface area contributed by atoms with Gasteiger partial charge in [-0.15, -0.1) is 13.2 Å². The second-order valence-electron chi connectivity index (χ2n) is 5.01. The molecule has 1 atom stereocenters. The third-order valence-corrected chi connectivity index (χ3v) is 3.44. The molecular weight excluding hydrogens is 359 g/mol. The van der Waals surface area contributed by atoms with E-state index in [0.29, 0.717) is 22.9 Å². The zero-order valence-corrected chi connectivity index (χ0v) is 13.9. The lowest BCUT2D eigenvalue weighted by molar-refractivity contribution is -0.274. The first-order valence-electron chi connectivity index (χ1n) is 7.36. The molecule has 1 amide bonds. The molecule has 2 aromatic rings. The molecule has 25 heavy (non-hydrogen) atoms. The Morgan fingerprint density at radius 2 is 1.80 bits per heavy atom. The van der Waals surface area contributed by atoms with Gasteiger partial charge in [0.15, 0.2) is 6.10 Å². The van der Waals surface area contributed by atoms with Gasteiger partial charge in [-0.2, -0.15) is 0 Å². The molecule has 0 aliphatic carbocycles. The topological polar surface area (TPSA) is 47.6 Å². The Morgan fingerprint density at radius 3 is 2.36 bits per heavy atom. The fourth-order valence-electron chi connectivity index (χ4n) is 1.98. The van der Waals surface area contributed by atoms with Gasteiger partial charge in [0.25, 0.3) is 5.91 Å². The SMILES string of the molecule is CC[C@@H](Oc1ccccc1Cl)C(=O)Nc1ccc(OC(F)(F)F)cc1. The van der Waals surface area contributed by atoms with E-state index in [1.807, 2.05) is 0 Å². The van der Waals surface area contributed by atoms with Gasteiger partial charge in [-0.05, 0) is 42.8 Å². The highest BCUT2D eigenvalue weighted by Gasteiger charge is 2.31. The van der Waals surface area contributed by atoms with Crippen LogP contribution in [0.15, 0.2) is 48.5 Å². The molecule has 0 aromatic heterocycles. The zero-order chi connectivity index (χ0) is 18.4. The van der Waals surface area contributed by atoms with E-state index in [1.165, 1.54) is 12.1 Å². The summed E-state index contributed by atoms with van der Waals surface area (Å²) in [5, 5.41) is 2.96. The van der Waals surface area contributed by atoms with Crippen molar-refractivity contribution in [3.8, 4) is 11.5 Å². The Balaban J connectivity index is 2.00. The number of hydrogen-bond donors (Lipinski definition) is 1. The van der Waals surface area contributed by atoms with E-state index in [-0.39, 0.29) is 5.75 Å². The third kappa shape index (κ3) is 5.86. The number of alkyl halides is 3. The molecule has 2 aromatic carbocycles. The zero-order valence-electron chi connectivity index (χ0n) is 13.1. The summed E-state index contributed by atoms with van der Waals surface area (Å²) in [5.41, 5.74) is 0.320. The van der Waals surface area contributed by atoms with Crippen molar-refractivity contribution in [1.82, 2.24) is 0 Å². The summed E-state index contributed by atoms with van der Waals surface area (Å²) in [5.74, 6) is -0.433. The van der Waals surface area contributed by atoms with E-state index in [1.54, 1.807) is 31.2 Å². The largest absolute Gasteiger partial charge is 0.573 e. The number of rotatable bonds is 6. The lowest BCUT2D eigenvalue weighted by Gasteiger charge is -2.18. The van der Waals surface area contributed by atoms with Gasteiger partial charge in [0, 0.05) is 5.69 Å². The Labute approximate surface area is 147 Å². The van der Waals surface area contributed by atoms with Crippen LogP contribution in [0.2, 0.25) is 5.02 Å². The average molecular weight is 374 g/mol. The fraction of sp³-hybridized carbons (Fsp3) is 0.235. The monoisotopic (exact) mass is 373 g/mol. The summed E-state index contributed by atoms with van der Waals surface area (Å²) >= 11 is 6.00. The van der Waals surface area contributed by atoms with Crippen LogP contribution in [0.5, 0.6) is 11.5 Å². The summed E-state index contributed by atoms with van der Waals surface area (Å²) in [6.45, 7) is 1.77. The number of nitrogens with one attached hydrogen (secondary N) is 1. The van der Waals surface area contributed by atoms with Gasteiger partial charge in [-0.1, -0.05) is 30.7 Å². The van der Waals surface area contributed by atoms with E-state index in [4.69, 9.17) is 16.3 Å². The molecule has 0 bridgehead atoms. The molecule has 0 unspecified atom stereocenters. The van der Waals surface area contributed by atoms with E-state index in [0.717, 1.165) is 12.1 Å². The molecule has 0 fully saturated rings. The Bertz CT molecular complexity index is 720. The molecule has 0 radical (unpaired) electrons. The summed E-state index contributed by atoms with van der Waals surface area (Å²) in [4.78, 5) is 12.3. The van der Waals surface area contributed by atoms with E-state index in [2.05, 4.69) is 10.1 Å². The van der Waals surface area contributed by atoms with Crippen LogP contribution in [-0.4, -0.2) is 18.4 Å². The minimum atomic E-state index is -4.76. The standard InChI is InChI=1S/C17H15ClF3NO3/c1-2-14(24-15-6-4-3-5-13(15)18)16(23)22-11-7-9-12(10-8-11)25-17(19,20)21/h3-10,14H,2H2,1H3,(H,22,23)/t14-/m1/s1. The minimum Gasteiger partial charge on any atom is -0.479 e. The molecule has 134 valence electrons. The van der Waals surface area contributed by atoms with Gasteiger partial charge < -0.3 is 14.8 Å². The Kier molecular flexibility index (Phi) is 6.14. The van der Waals surface area contributed by atoms with Gasteiger partial charge in [-0.3, -0.25) is 4.79 Å². The minimum absolute atomic E-state index is 0.320. The summed E-state index contributed by atoms with van der Waals surface area (Å²) in [6, 6.07) is 11.6. The number of anilines is 1. The molecule has 0 heterocycles. The maximum Gasteiger partial charge on any atom is 0.573 e. The number of benzene rings is 2. The number of halogens is 4. The Morgan fingerprint density at radius 1 is 1.16 bits per heavy atom. The number of ether oxygens (including phenoxy) is 2. The first kappa shape index (κ1) is 18.9. The molecule has 4 nitrogen and oxygen atoms in total. The van der Waals surface area contributed by atoms with Crippen LogP contribution in [0.4, 0.5) is 18.9 Å². The van der Waals surface area contributed by atoms with Crippen LogP contribution in [0.25, 0.3) is 0 Å². The summed E-state index contributed by atoms with van der Waals surface area (Å²) < 4.78 is 45.7. The van der Waals surface area contributed by atoms with Crippen molar-refractivity contribution in [2.75, 3.05) is 5.32 Å². The Hall–Kier alpha value is -2.41. The number of carbonyl (C=O) groups excluding carboxylic acids is 1. The van der Waals surface area contributed by atoms with Crippen molar-refractivity contribution in [1.29, 1.82) is 0 Å². The van der Waals surface area contributed by atoms with Crippen LogP contribution >= 0.6 is 11.6 Å². The normalized spacial score (nSPS) is 12.4. The van der Waals surface area contributed by atoms with E-state index < -0.39 is 18.4 Å². The van der Waals surface area contributed by atoms with Crippen LogP contribution in [0.3, 0.4) is 0 Å². The maximum atomic E-state index is 12.3. The highest BCUT2D eigenvalue weighted by Crippen LogP contribution is 2.26. The van der Waals surface area contributed by atoms with Crippen molar-refractivity contribution in [3.05, 3.63) is 53.6 Å². The second kappa shape index (κ2) is 8.11. The molecule has 0 spiro atoms. The van der Waals surface area contributed by atoms with E-state index >= 15 is 0 Å². The smallest absolute Gasteiger partial charge is 0.479 e. The lowest BCUT2D eigenvalue weighted by Crippen LogP contribution is -2.32. The van der Waals surface area contributed by atoms with Crippen molar-refractivity contribution in [3.63, 3.8) is 0 Å². The highest BCUT2D eigenvalue weighted by molar-refractivity contribution is 6.32. The molecule has 0 aliphatic heterocycles. The average Bonchev–Trinajstić information content (AvgIpc) is 2.54. The van der Waals surface area contributed by atoms with Crippen LogP contribution in [0, 0.1) is 0 Å². The van der Waals surface area contributed by atoms with Gasteiger partial charge in [0.1, 0.15) is 11.5 Å². The number of carbonyl (C=O) groups is 1. The van der Waals surface area contributed by atoms with Crippen molar-refractivity contribution in [2.45, 2.75) is 25.8 Å². The highest BCUT2D eigenvalue weighted by atomic mass is 35.5. The van der Waals surface area contributed by atoms with E-state index in [9.17, 15) is 18.0 Å². The quantitative estimate of drug-likeness (QED) is 0.772. The fourth-order valence-corrected chi connectivity index (χ4v) is 2.16. The van der Waals surface area contributed by atoms with Gasteiger partial charge in [0.2, 0.25) is 0 Å². The lowest BCUT2D eigenvalue weighted by atomic mass is 10.2. The van der Waals surface area contributed by atoms with Crippen LogP contribution in [-0.2, 0) is 4.79 Å². The summed E-state index contributed by atoms with van der Waals surface area (Å²) in [7, 11) is 0. The molecular formula is C17H15ClF3NO3. The van der Waals surface area contributed by atoms with Gasteiger partial charge >= 0.3 is 6.36 Å². The van der Waals surface area contributed by atoms with Crippen molar-refractivity contribution >= 4 is 23.2 Å². The predicted molar refractivity (Wildman–Crippen MR) is 87.9 cm³/mol. The molecule has 0 aliphatic rings. The second-order valence-corrected chi connectivity index (χ2v) is 5.41. The molecule has 0 saturated carbocycles. The summed E-state index contributed by atoms with van der Waals surface area (Å²) in [6.07, 6.45) is -5.18. The van der Waals surface area contributed by atoms with Crippen LogP contribution < -0.4 is 14.8 Å². The van der Waals surface area contributed by atoms with Gasteiger partial charge in [-0.25, -0.2) is 0 Å². The first-order valence-corrected chi connectivity index (χ1v) is 7.74. The van der Waals surface area contributed by atoms with Crippen molar-refractivity contribution in [2.24, 2.45) is 0 Å². The molecule has 8 heteroatoms. The number of hydrogen-bond acceptors (Lipinski definition) is 3. The molecule has 1 N–H and O–H groups in total. The molecule has 2 rings (SSSR count).